The largest absolute Gasteiger partial charge is 0.493 e. The normalized spacial score (nSPS) is 11.0. The molecule has 1 amide bonds. The second-order valence-corrected chi connectivity index (χ2v) is 6.19. The fourth-order valence-corrected chi connectivity index (χ4v) is 2.77. The maximum absolute atomic E-state index is 12.3. The van der Waals surface area contributed by atoms with Crippen molar-refractivity contribution in [2.24, 2.45) is 5.16 Å². The van der Waals surface area contributed by atoms with E-state index >= 15 is 0 Å². The monoisotopic (exact) mass is 412 g/mol. The Balaban J connectivity index is 1.92. The summed E-state index contributed by atoms with van der Waals surface area (Å²) in [4.78, 5) is 17.0. The summed E-state index contributed by atoms with van der Waals surface area (Å²) in [5.41, 5.74) is 2.85. The predicted octanol–water partition coefficient (Wildman–Crippen LogP) is 4.56. The number of hydrogen-bond acceptors (Lipinski definition) is 5. The fourth-order valence-electron chi connectivity index (χ4n) is 2.40. The molecule has 2 aromatic rings. The first kappa shape index (κ1) is 21.4. The van der Waals surface area contributed by atoms with Crippen LogP contribution in [0.5, 0.6) is 11.5 Å². The van der Waals surface area contributed by atoms with Crippen LogP contribution in [-0.2, 0) is 9.63 Å². The molecule has 0 aliphatic rings. The number of anilines is 1. The first-order valence-corrected chi connectivity index (χ1v) is 8.52. The number of alkyl halides is 2. The van der Waals surface area contributed by atoms with Gasteiger partial charge in [-0.25, -0.2) is 0 Å². The van der Waals surface area contributed by atoms with E-state index in [1.54, 1.807) is 6.07 Å². The van der Waals surface area contributed by atoms with Crippen LogP contribution in [0, 0.1) is 13.8 Å². The number of aryl methyl sites for hydroxylation is 2. The molecular formula is C19H19ClF2N2O4. The third-order valence-corrected chi connectivity index (χ3v) is 3.87. The zero-order valence-corrected chi connectivity index (χ0v) is 16.2. The first-order valence-electron chi connectivity index (χ1n) is 8.15. The van der Waals surface area contributed by atoms with Gasteiger partial charge in [0.05, 0.1) is 24.0 Å². The smallest absolute Gasteiger partial charge is 0.387 e. The highest BCUT2D eigenvalue weighted by atomic mass is 35.5. The number of ether oxygens (including phenoxy) is 2. The van der Waals surface area contributed by atoms with E-state index in [9.17, 15) is 13.6 Å². The highest BCUT2D eigenvalue weighted by Crippen LogP contribution is 2.29. The Morgan fingerprint density at radius 1 is 1.25 bits per heavy atom. The van der Waals surface area contributed by atoms with Gasteiger partial charge in [-0.1, -0.05) is 22.8 Å². The van der Waals surface area contributed by atoms with E-state index in [-0.39, 0.29) is 18.1 Å². The molecule has 0 bridgehead atoms. The van der Waals surface area contributed by atoms with Gasteiger partial charge in [0.1, 0.15) is 0 Å². The summed E-state index contributed by atoms with van der Waals surface area (Å²) in [6.45, 7) is 0.455. The first-order chi connectivity index (χ1) is 13.3. The van der Waals surface area contributed by atoms with E-state index in [2.05, 4.69) is 15.2 Å². The quantitative estimate of drug-likeness (QED) is 0.510. The van der Waals surface area contributed by atoms with Crippen molar-refractivity contribution in [2.75, 3.05) is 19.0 Å². The molecule has 0 unspecified atom stereocenters. The molecule has 0 aliphatic carbocycles. The number of amides is 1. The molecule has 0 saturated carbocycles. The highest BCUT2D eigenvalue weighted by molar-refractivity contribution is 6.34. The molecule has 0 aliphatic heterocycles. The number of carbonyl (C=O) groups excluding carboxylic acids is 1. The van der Waals surface area contributed by atoms with E-state index in [0.29, 0.717) is 16.3 Å². The van der Waals surface area contributed by atoms with Crippen molar-refractivity contribution in [1.82, 2.24) is 0 Å². The van der Waals surface area contributed by atoms with Crippen LogP contribution in [-0.4, -0.2) is 32.4 Å². The molecule has 0 radical (unpaired) electrons. The molecule has 9 heteroatoms. The Morgan fingerprint density at radius 2 is 2.00 bits per heavy atom. The van der Waals surface area contributed by atoms with Crippen LogP contribution in [0.25, 0.3) is 0 Å². The summed E-state index contributed by atoms with van der Waals surface area (Å²) in [5, 5.41) is 6.79. The summed E-state index contributed by atoms with van der Waals surface area (Å²) >= 11 is 6.14. The molecule has 6 nitrogen and oxygen atoms in total. The molecule has 0 aromatic heterocycles. The second kappa shape index (κ2) is 9.89. The summed E-state index contributed by atoms with van der Waals surface area (Å²) in [5.74, 6) is -0.406. The van der Waals surface area contributed by atoms with Gasteiger partial charge in [0.2, 0.25) is 0 Å². The maximum atomic E-state index is 12.3. The average molecular weight is 413 g/mol. The van der Waals surface area contributed by atoms with Crippen LogP contribution in [0.2, 0.25) is 5.02 Å². The molecule has 0 heterocycles. The van der Waals surface area contributed by atoms with Gasteiger partial charge in [0.15, 0.2) is 18.1 Å². The minimum atomic E-state index is -2.96. The van der Waals surface area contributed by atoms with Crippen molar-refractivity contribution in [2.45, 2.75) is 20.5 Å². The van der Waals surface area contributed by atoms with Gasteiger partial charge in [-0.15, -0.1) is 0 Å². The lowest BCUT2D eigenvalue weighted by atomic mass is 10.1. The van der Waals surface area contributed by atoms with Crippen molar-refractivity contribution in [3.63, 3.8) is 0 Å². The minimum absolute atomic E-state index is 0.0970. The lowest BCUT2D eigenvalue weighted by Gasteiger charge is -2.11. The summed E-state index contributed by atoms with van der Waals surface area (Å²) in [6.07, 6.45) is 1.31. The van der Waals surface area contributed by atoms with Crippen molar-refractivity contribution in [1.29, 1.82) is 0 Å². The number of rotatable bonds is 8. The number of nitrogens with zero attached hydrogens (tertiary/aromatic N) is 1. The number of carbonyl (C=O) groups is 1. The molecule has 0 atom stereocenters. The van der Waals surface area contributed by atoms with Crippen LogP contribution < -0.4 is 14.8 Å². The van der Waals surface area contributed by atoms with E-state index in [1.807, 2.05) is 19.9 Å². The Kier molecular flexibility index (Phi) is 7.57. The zero-order chi connectivity index (χ0) is 20.7. The summed E-state index contributed by atoms with van der Waals surface area (Å²) in [7, 11) is 1.33. The highest BCUT2D eigenvalue weighted by Gasteiger charge is 2.11. The molecule has 28 heavy (non-hydrogen) atoms. The van der Waals surface area contributed by atoms with E-state index < -0.39 is 12.5 Å². The van der Waals surface area contributed by atoms with E-state index in [1.165, 1.54) is 31.5 Å². The van der Waals surface area contributed by atoms with Gasteiger partial charge in [0.25, 0.3) is 5.91 Å². The number of hydrogen-bond donors (Lipinski definition) is 1. The van der Waals surface area contributed by atoms with Gasteiger partial charge in [-0.3, -0.25) is 4.79 Å². The van der Waals surface area contributed by atoms with Crippen LogP contribution >= 0.6 is 11.6 Å². The summed E-state index contributed by atoms with van der Waals surface area (Å²) < 4.78 is 34.0. The van der Waals surface area contributed by atoms with Gasteiger partial charge >= 0.3 is 6.61 Å². The standard InChI is InChI=1S/C19H19ClF2N2O4/c1-11-6-12(2)18(14(20)7-11)24-17(25)10-27-23-9-13-4-5-15(28-19(21)22)16(8-13)26-3/h4-9,19H,10H2,1-3H3,(H,24,25)/b23-9+. The topological polar surface area (TPSA) is 69.2 Å². The Hall–Kier alpha value is -2.87. The van der Waals surface area contributed by atoms with Gasteiger partial charge in [0, 0.05) is 5.56 Å². The summed E-state index contributed by atoms with van der Waals surface area (Å²) in [6, 6.07) is 7.90. The molecule has 0 spiro atoms. The van der Waals surface area contributed by atoms with Crippen molar-refractivity contribution < 1.29 is 27.9 Å². The number of benzene rings is 2. The lowest BCUT2D eigenvalue weighted by molar-refractivity contribution is -0.120. The van der Waals surface area contributed by atoms with Gasteiger partial charge < -0.3 is 19.6 Å². The third kappa shape index (κ3) is 6.09. The molecule has 0 saturated heterocycles. The van der Waals surface area contributed by atoms with Crippen molar-refractivity contribution >= 4 is 29.4 Å². The Bertz CT molecular complexity index is 852. The lowest BCUT2D eigenvalue weighted by Crippen LogP contribution is -2.18. The number of halogens is 3. The zero-order valence-electron chi connectivity index (χ0n) is 15.5. The maximum Gasteiger partial charge on any atom is 0.387 e. The number of nitrogens with one attached hydrogen (secondary N) is 1. The van der Waals surface area contributed by atoms with E-state index in [4.69, 9.17) is 21.2 Å². The molecule has 2 aromatic carbocycles. The Labute approximate surface area is 166 Å². The van der Waals surface area contributed by atoms with Gasteiger partial charge in [-0.2, -0.15) is 8.78 Å². The van der Waals surface area contributed by atoms with Crippen LogP contribution in [0.1, 0.15) is 16.7 Å². The number of oxime groups is 1. The second-order valence-electron chi connectivity index (χ2n) is 5.78. The molecule has 0 fully saturated rings. The predicted molar refractivity (Wildman–Crippen MR) is 103 cm³/mol. The fraction of sp³-hybridized carbons (Fsp3) is 0.263. The molecule has 2 rings (SSSR count). The number of methoxy groups -OCH3 is 1. The van der Waals surface area contributed by atoms with Crippen LogP contribution in [0.3, 0.4) is 0 Å². The van der Waals surface area contributed by atoms with Crippen molar-refractivity contribution in [3.05, 3.63) is 52.0 Å². The van der Waals surface area contributed by atoms with E-state index in [0.717, 1.165) is 11.1 Å². The van der Waals surface area contributed by atoms with Crippen molar-refractivity contribution in [3.8, 4) is 11.5 Å². The molecule has 1 N–H and O–H groups in total. The minimum Gasteiger partial charge on any atom is -0.493 e. The SMILES string of the molecule is COc1cc(/C=N/OCC(=O)Nc2c(C)cc(C)cc2Cl)ccc1OC(F)F. The molecular weight excluding hydrogens is 394 g/mol. The Morgan fingerprint density at radius 3 is 2.64 bits per heavy atom. The van der Waals surface area contributed by atoms with Gasteiger partial charge in [-0.05, 0) is 49.2 Å². The molecule has 150 valence electrons. The average Bonchev–Trinajstić information content (AvgIpc) is 2.62. The van der Waals surface area contributed by atoms with Crippen LogP contribution in [0.15, 0.2) is 35.5 Å². The third-order valence-electron chi connectivity index (χ3n) is 3.57. The van der Waals surface area contributed by atoms with Crippen LogP contribution in [0.4, 0.5) is 14.5 Å².